The summed E-state index contributed by atoms with van der Waals surface area (Å²) in [6.07, 6.45) is 11.1. The fourth-order valence-corrected chi connectivity index (χ4v) is 2.43. The molecule has 0 radical (unpaired) electrons. The van der Waals surface area contributed by atoms with Crippen LogP contribution in [0, 0.1) is 5.92 Å². The molecule has 0 amide bonds. The van der Waals surface area contributed by atoms with Gasteiger partial charge < -0.3 is 5.32 Å². The van der Waals surface area contributed by atoms with Gasteiger partial charge in [-0.1, -0.05) is 66.2 Å². The van der Waals surface area contributed by atoms with Crippen molar-refractivity contribution in [3.63, 3.8) is 0 Å². The number of unbranched alkanes of at least 4 members (excludes halogenated alkanes) is 4. The topological polar surface area (TPSA) is 12.0 Å². The Labute approximate surface area is 103 Å². The Morgan fingerprint density at radius 2 is 1.50 bits per heavy atom. The molecule has 0 aromatic carbocycles. The van der Waals surface area contributed by atoms with Crippen LogP contribution in [0.3, 0.4) is 0 Å². The molecular formula is C15H33N. The summed E-state index contributed by atoms with van der Waals surface area (Å²) < 4.78 is 0. The molecule has 1 nitrogen and oxygen atoms in total. The lowest BCUT2D eigenvalue weighted by Crippen LogP contribution is -2.34. The molecule has 0 fully saturated rings. The SMILES string of the molecule is CCCCCCCC(C)C(CCC)NCC. The molecule has 0 saturated heterocycles. The van der Waals surface area contributed by atoms with Crippen molar-refractivity contribution in [1.82, 2.24) is 5.32 Å². The third-order valence-electron chi connectivity index (χ3n) is 3.52. The van der Waals surface area contributed by atoms with Gasteiger partial charge in [0.1, 0.15) is 0 Å². The van der Waals surface area contributed by atoms with Crippen molar-refractivity contribution < 1.29 is 0 Å². The highest BCUT2D eigenvalue weighted by Crippen LogP contribution is 2.17. The van der Waals surface area contributed by atoms with Crippen molar-refractivity contribution in [2.45, 2.75) is 85.1 Å². The Balaban J connectivity index is 3.60. The third-order valence-corrected chi connectivity index (χ3v) is 3.52. The smallest absolute Gasteiger partial charge is 0.00924 e. The van der Waals surface area contributed by atoms with Crippen molar-refractivity contribution in [2.24, 2.45) is 5.92 Å². The molecule has 0 aromatic heterocycles. The van der Waals surface area contributed by atoms with Crippen LogP contribution in [0.15, 0.2) is 0 Å². The van der Waals surface area contributed by atoms with Gasteiger partial charge in [0.05, 0.1) is 0 Å². The Morgan fingerprint density at radius 1 is 0.812 bits per heavy atom. The van der Waals surface area contributed by atoms with Crippen LogP contribution >= 0.6 is 0 Å². The largest absolute Gasteiger partial charge is 0.314 e. The molecule has 1 N–H and O–H groups in total. The Hall–Kier alpha value is -0.0400. The molecule has 2 unspecified atom stereocenters. The van der Waals surface area contributed by atoms with Crippen molar-refractivity contribution in [1.29, 1.82) is 0 Å². The Morgan fingerprint density at radius 3 is 2.06 bits per heavy atom. The van der Waals surface area contributed by atoms with Crippen LogP contribution in [0.2, 0.25) is 0 Å². The van der Waals surface area contributed by atoms with E-state index in [2.05, 4.69) is 33.0 Å². The zero-order valence-corrected chi connectivity index (χ0v) is 12.0. The zero-order chi connectivity index (χ0) is 12.2. The van der Waals surface area contributed by atoms with Crippen molar-refractivity contribution in [3.8, 4) is 0 Å². The monoisotopic (exact) mass is 227 g/mol. The van der Waals surface area contributed by atoms with Crippen LogP contribution in [-0.4, -0.2) is 12.6 Å². The fraction of sp³-hybridized carbons (Fsp3) is 1.00. The van der Waals surface area contributed by atoms with Crippen LogP contribution in [0.25, 0.3) is 0 Å². The van der Waals surface area contributed by atoms with Crippen molar-refractivity contribution >= 4 is 0 Å². The Bertz CT molecular complexity index is 127. The molecule has 0 saturated carbocycles. The van der Waals surface area contributed by atoms with Gasteiger partial charge in [0.2, 0.25) is 0 Å². The van der Waals surface area contributed by atoms with Gasteiger partial charge in [-0.05, 0) is 25.3 Å². The maximum atomic E-state index is 3.64. The predicted octanol–water partition coefficient (Wildman–Crippen LogP) is 4.76. The highest BCUT2D eigenvalue weighted by atomic mass is 14.9. The van der Waals surface area contributed by atoms with E-state index in [1.165, 1.54) is 51.4 Å². The first-order chi connectivity index (χ1) is 7.76. The van der Waals surface area contributed by atoms with Gasteiger partial charge in [0, 0.05) is 6.04 Å². The van der Waals surface area contributed by atoms with Crippen LogP contribution in [0.1, 0.15) is 79.1 Å². The van der Waals surface area contributed by atoms with Crippen molar-refractivity contribution in [3.05, 3.63) is 0 Å². The van der Waals surface area contributed by atoms with E-state index >= 15 is 0 Å². The van der Waals surface area contributed by atoms with E-state index in [9.17, 15) is 0 Å². The number of hydrogen-bond donors (Lipinski definition) is 1. The second kappa shape index (κ2) is 11.4. The average molecular weight is 227 g/mol. The first kappa shape index (κ1) is 16.0. The summed E-state index contributed by atoms with van der Waals surface area (Å²) in [6.45, 7) is 10.3. The van der Waals surface area contributed by atoms with Gasteiger partial charge in [0.25, 0.3) is 0 Å². The Kier molecular flexibility index (Phi) is 11.4. The van der Waals surface area contributed by atoms with Gasteiger partial charge in [-0.2, -0.15) is 0 Å². The normalized spacial score (nSPS) is 15.0. The lowest BCUT2D eigenvalue weighted by atomic mass is 9.92. The molecule has 0 aliphatic carbocycles. The maximum absolute atomic E-state index is 3.64. The molecule has 0 aliphatic heterocycles. The molecule has 16 heavy (non-hydrogen) atoms. The molecule has 0 rings (SSSR count). The second-order valence-electron chi connectivity index (χ2n) is 5.13. The minimum absolute atomic E-state index is 0.751. The van der Waals surface area contributed by atoms with E-state index in [4.69, 9.17) is 0 Å². The zero-order valence-electron chi connectivity index (χ0n) is 12.0. The van der Waals surface area contributed by atoms with E-state index < -0.39 is 0 Å². The van der Waals surface area contributed by atoms with E-state index in [0.717, 1.165) is 18.5 Å². The molecule has 0 aromatic rings. The summed E-state index contributed by atoms with van der Waals surface area (Å²) in [6, 6.07) is 0.751. The summed E-state index contributed by atoms with van der Waals surface area (Å²) in [4.78, 5) is 0. The van der Waals surface area contributed by atoms with Crippen LogP contribution in [-0.2, 0) is 0 Å². The molecular weight excluding hydrogens is 194 g/mol. The molecule has 0 bridgehead atoms. The van der Waals surface area contributed by atoms with Gasteiger partial charge in [-0.25, -0.2) is 0 Å². The minimum Gasteiger partial charge on any atom is -0.314 e. The van der Waals surface area contributed by atoms with E-state index in [1.54, 1.807) is 0 Å². The second-order valence-corrected chi connectivity index (χ2v) is 5.13. The van der Waals surface area contributed by atoms with Crippen LogP contribution in [0.5, 0.6) is 0 Å². The highest BCUT2D eigenvalue weighted by molar-refractivity contribution is 4.72. The van der Waals surface area contributed by atoms with E-state index in [1.807, 2.05) is 0 Å². The van der Waals surface area contributed by atoms with Crippen LogP contribution < -0.4 is 5.32 Å². The van der Waals surface area contributed by atoms with E-state index in [-0.39, 0.29) is 0 Å². The molecule has 1 heteroatoms. The highest BCUT2D eigenvalue weighted by Gasteiger charge is 2.14. The molecule has 0 spiro atoms. The van der Waals surface area contributed by atoms with Gasteiger partial charge in [0.15, 0.2) is 0 Å². The molecule has 0 heterocycles. The maximum Gasteiger partial charge on any atom is 0.00924 e. The van der Waals surface area contributed by atoms with Gasteiger partial charge in [-0.15, -0.1) is 0 Å². The van der Waals surface area contributed by atoms with Crippen LogP contribution in [0.4, 0.5) is 0 Å². The average Bonchev–Trinajstić information content (AvgIpc) is 2.28. The summed E-state index contributed by atoms with van der Waals surface area (Å²) in [5.74, 6) is 0.849. The number of nitrogens with one attached hydrogen (secondary N) is 1. The third kappa shape index (κ3) is 8.15. The van der Waals surface area contributed by atoms with Crippen molar-refractivity contribution in [2.75, 3.05) is 6.54 Å². The quantitative estimate of drug-likeness (QED) is 0.502. The van der Waals surface area contributed by atoms with E-state index in [0.29, 0.717) is 0 Å². The summed E-state index contributed by atoms with van der Waals surface area (Å²) in [5, 5.41) is 3.64. The predicted molar refractivity (Wildman–Crippen MR) is 74.9 cm³/mol. The standard InChI is InChI=1S/C15H33N/c1-5-8-9-10-11-13-14(4)15(12-6-2)16-7-3/h14-16H,5-13H2,1-4H3. The fourth-order valence-electron chi connectivity index (χ4n) is 2.43. The summed E-state index contributed by atoms with van der Waals surface area (Å²) in [7, 11) is 0. The van der Waals surface area contributed by atoms with Gasteiger partial charge in [-0.3, -0.25) is 0 Å². The van der Waals surface area contributed by atoms with Gasteiger partial charge >= 0.3 is 0 Å². The lowest BCUT2D eigenvalue weighted by Gasteiger charge is -2.24. The molecule has 2 atom stereocenters. The lowest BCUT2D eigenvalue weighted by molar-refractivity contribution is 0.332. The number of hydrogen-bond acceptors (Lipinski definition) is 1. The molecule has 98 valence electrons. The number of rotatable bonds is 11. The summed E-state index contributed by atoms with van der Waals surface area (Å²) >= 11 is 0. The minimum atomic E-state index is 0.751. The molecule has 0 aliphatic rings. The first-order valence-corrected chi connectivity index (χ1v) is 7.49. The first-order valence-electron chi connectivity index (χ1n) is 7.49. The summed E-state index contributed by atoms with van der Waals surface area (Å²) in [5.41, 5.74) is 0.